The molecule has 0 heterocycles. The minimum Gasteiger partial charge on any atom is -0.0622 e. The van der Waals surface area contributed by atoms with E-state index < -0.39 is 0 Å². The summed E-state index contributed by atoms with van der Waals surface area (Å²) < 4.78 is 0. The van der Waals surface area contributed by atoms with E-state index in [0.717, 1.165) is 5.92 Å². The van der Waals surface area contributed by atoms with Gasteiger partial charge in [0.2, 0.25) is 0 Å². The Bertz CT molecular complexity index is 19.2. The second-order valence-corrected chi connectivity index (χ2v) is 1.45. The van der Waals surface area contributed by atoms with E-state index in [0.29, 0.717) is 0 Å². The van der Waals surface area contributed by atoms with Crippen LogP contribution in [-0.2, 0) is 0 Å². The van der Waals surface area contributed by atoms with Gasteiger partial charge < -0.3 is 0 Å². The molecule has 1 radical (unpaired) electrons. The van der Waals surface area contributed by atoms with Crippen LogP contribution in [0.15, 0.2) is 0 Å². The minimum atomic E-state index is 0.958. The Morgan fingerprint density at radius 3 is 2.25 bits per heavy atom. The average molecular weight is 55.1 g/mol. The molecule has 1 aliphatic carbocycles. The lowest BCUT2D eigenvalue weighted by molar-refractivity contribution is 1.02. The molecule has 1 fully saturated rings. The number of hydrogen-bond donors (Lipinski definition) is 0. The largest absolute Gasteiger partial charge is 0.0622 e. The maximum atomic E-state index is 2.29. The van der Waals surface area contributed by atoms with E-state index in [-0.39, 0.29) is 0 Å². The summed E-state index contributed by atoms with van der Waals surface area (Å²) >= 11 is 0. The zero-order valence-corrected chi connectivity index (χ0v) is 2.86. The standard InChI is InChI=1S/C4H7/c1-4-2-3-4/h2,4H,3H2,1H3/t4-/m1/s1. The SMILES string of the molecule is C[C@@H]1[CH]C1. The van der Waals surface area contributed by atoms with Crippen LogP contribution in [0.3, 0.4) is 0 Å². The van der Waals surface area contributed by atoms with Crippen molar-refractivity contribution in [3.8, 4) is 0 Å². The van der Waals surface area contributed by atoms with Crippen molar-refractivity contribution in [3.63, 3.8) is 0 Å². The van der Waals surface area contributed by atoms with E-state index in [1.54, 1.807) is 0 Å². The van der Waals surface area contributed by atoms with Gasteiger partial charge in [-0.2, -0.15) is 0 Å². The lowest BCUT2D eigenvalue weighted by Crippen LogP contribution is -1.42. The smallest absolute Gasteiger partial charge is 0.0355 e. The molecule has 0 aliphatic heterocycles. The molecule has 0 aromatic rings. The predicted octanol–water partition coefficient (Wildman–Crippen LogP) is 1.23. The summed E-state index contributed by atoms with van der Waals surface area (Å²) in [6.45, 7) is 2.22. The van der Waals surface area contributed by atoms with Crippen molar-refractivity contribution < 1.29 is 0 Å². The van der Waals surface area contributed by atoms with Gasteiger partial charge in [-0.15, -0.1) is 0 Å². The van der Waals surface area contributed by atoms with E-state index in [1.807, 2.05) is 0 Å². The molecule has 1 rings (SSSR count). The van der Waals surface area contributed by atoms with Crippen LogP contribution in [0.4, 0.5) is 0 Å². The first-order valence-electron chi connectivity index (χ1n) is 1.73. The average Bonchev–Trinajstić information content (AvgIpc) is 1.75. The molecule has 0 amide bonds. The van der Waals surface area contributed by atoms with Gasteiger partial charge in [0.15, 0.2) is 0 Å². The first kappa shape index (κ1) is 2.25. The van der Waals surface area contributed by atoms with E-state index in [4.69, 9.17) is 0 Å². The summed E-state index contributed by atoms with van der Waals surface area (Å²) in [6, 6.07) is 0. The van der Waals surface area contributed by atoms with Crippen molar-refractivity contribution in [3.05, 3.63) is 6.42 Å². The zero-order chi connectivity index (χ0) is 2.99. The number of rotatable bonds is 0. The van der Waals surface area contributed by atoms with Crippen LogP contribution in [0.2, 0.25) is 0 Å². The third kappa shape index (κ3) is 0.222. The van der Waals surface area contributed by atoms with Crippen molar-refractivity contribution >= 4 is 0 Å². The van der Waals surface area contributed by atoms with Gasteiger partial charge in [0.25, 0.3) is 0 Å². The monoisotopic (exact) mass is 55.1 g/mol. The van der Waals surface area contributed by atoms with Crippen LogP contribution in [0.5, 0.6) is 0 Å². The summed E-state index contributed by atoms with van der Waals surface area (Å²) in [7, 11) is 0. The second kappa shape index (κ2) is 0.480. The summed E-state index contributed by atoms with van der Waals surface area (Å²) in [5.41, 5.74) is 0. The Morgan fingerprint density at radius 1 is 2.00 bits per heavy atom. The fourth-order valence-corrected chi connectivity index (χ4v) is 0.136. The molecular weight excluding hydrogens is 48.0 g/mol. The van der Waals surface area contributed by atoms with Crippen molar-refractivity contribution in [1.82, 2.24) is 0 Å². The highest BCUT2D eigenvalue weighted by Crippen LogP contribution is 2.24. The van der Waals surface area contributed by atoms with Gasteiger partial charge in [-0.1, -0.05) is 6.92 Å². The second-order valence-electron chi connectivity index (χ2n) is 1.45. The van der Waals surface area contributed by atoms with E-state index in [1.165, 1.54) is 6.42 Å². The molecule has 0 unspecified atom stereocenters. The maximum Gasteiger partial charge on any atom is -0.0355 e. The Morgan fingerprint density at radius 2 is 2.25 bits per heavy atom. The lowest BCUT2D eigenvalue weighted by Gasteiger charge is -1.53. The molecule has 1 saturated carbocycles. The Balaban J connectivity index is 2.17. The van der Waals surface area contributed by atoms with E-state index >= 15 is 0 Å². The number of hydrogen-bond acceptors (Lipinski definition) is 0. The van der Waals surface area contributed by atoms with Gasteiger partial charge >= 0.3 is 0 Å². The molecule has 0 aromatic heterocycles. The molecule has 0 saturated heterocycles. The molecule has 0 N–H and O–H groups in total. The van der Waals surface area contributed by atoms with E-state index in [9.17, 15) is 0 Å². The van der Waals surface area contributed by atoms with Crippen LogP contribution in [0.1, 0.15) is 13.3 Å². The highest BCUT2D eigenvalue weighted by molar-refractivity contribution is 4.90. The maximum absolute atomic E-state index is 2.29. The van der Waals surface area contributed by atoms with Crippen LogP contribution in [0, 0.1) is 12.3 Å². The van der Waals surface area contributed by atoms with Crippen molar-refractivity contribution in [1.29, 1.82) is 0 Å². The minimum absolute atomic E-state index is 0.958. The van der Waals surface area contributed by atoms with Gasteiger partial charge in [0.1, 0.15) is 0 Å². The molecule has 23 valence electrons. The Kier molecular flexibility index (Phi) is 0.270. The molecular formula is C4H7. The van der Waals surface area contributed by atoms with Crippen molar-refractivity contribution in [2.24, 2.45) is 5.92 Å². The molecule has 1 atom stereocenters. The highest BCUT2D eigenvalue weighted by atomic mass is 14.2. The van der Waals surface area contributed by atoms with Crippen LogP contribution in [-0.4, -0.2) is 0 Å². The fourth-order valence-electron chi connectivity index (χ4n) is 0.136. The third-order valence-corrected chi connectivity index (χ3v) is 0.707. The van der Waals surface area contributed by atoms with Crippen LogP contribution < -0.4 is 0 Å². The summed E-state index contributed by atoms with van der Waals surface area (Å²) in [5, 5.41) is 0. The quantitative estimate of drug-likeness (QED) is 0.391. The predicted molar refractivity (Wildman–Crippen MR) is 18.1 cm³/mol. The fraction of sp³-hybridized carbons (Fsp3) is 0.750. The van der Waals surface area contributed by atoms with Gasteiger partial charge in [-0.05, 0) is 18.8 Å². The van der Waals surface area contributed by atoms with Gasteiger partial charge in [-0.25, -0.2) is 0 Å². The molecule has 4 heavy (non-hydrogen) atoms. The van der Waals surface area contributed by atoms with Crippen LogP contribution >= 0.6 is 0 Å². The molecule has 0 spiro atoms. The van der Waals surface area contributed by atoms with Crippen LogP contribution in [0.25, 0.3) is 0 Å². The van der Waals surface area contributed by atoms with Gasteiger partial charge in [-0.3, -0.25) is 0 Å². The third-order valence-electron chi connectivity index (χ3n) is 0.707. The van der Waals surface area contributed by atoms with Gasteiger partial charge in [0.05, 0.1) is 0 Å². The van der Waals surface area contributed by atoms with Crippen molar-refractivity contribution in [2.75, 3.05) is 0 Å². The zero-order valence-electron chi connectivity index (χ0n) is 2.86. The molecule has 0 bridgehead atoms. The first-order chi connectivity index (χ1) is 1.89. The van der Waals surface area contributed by atoms with Crippen molar-refractivity contribution in [2.45, 2.75) is 13.3 Å². The summed E-state index contributed by atoms with van der Waals surface area (Å²) in [4.78, 5) is 0. The van der Waals surface area contributed by atoms with Gasteiger partial charge in [0, 0.05) is 0 Å². The lowest BCUT2D eigenvalue weighted by atomic mass is 10.5. The molecule has 1 aliphatic rings. The van der Waals surface area contributed by atoms with E-state index in [2.05, 4.69) is 13.3 Å². The summed E-state index contributed by atoms with van der Waals surface area (Å²) in [6.07, 6.45) is 3.65. The highest BCUT2D eigenvalue weighted by Gasteiger charge is 2.13. The Hall–Kier alpha value is 0. The molecule has 0 heteroatoms. The first-order valence-corrected chi connectivity index (χ1v) is 1.73. The normalized spacial score (nSPS) is 26.2. The molecule has 0 aromatic carbocycles. The molecule has 0 nitrogen and oxygen atoms in total. The Labute approximate surface area is 26.8 Å². The summed E-state index contributed by atoms with van der Waals surface area (Å²) in [5.74, 6) is 0.958. The topological polar surface area (TPSA) is 0 Å².